The van der Waals surface area contributed by atoms with Gasteiger partial charge < -0.3 is 10.2 Å². The Morgan fingerprint density at radius 2 is 1.83 bits per heavy atom. The van der Waals surface area contributed by atoms with Crippen LogP contribution in [0.2, 0.25) is 0 Å². The molecule has 0 aromatic carbocycles. The van der Waals surface area contributed by atoms with Gasteiger partial charge in [0.05, 0.1) is 0 Å². The zero-order chi connectivity index (χ0) is 13.2. The second-order valence-electron chi connectivity index (χ2n) is 7.10. The van der Waals surface area contributed by atoms with E-state index in [-0.39, 0.29) is 5.54 Å². The van der Waals surface area contributed by atoms with Gasteiger partial charge in [-0.1, -0.05) is 13.8 Å². The first-order chi connectivity index (χ1) is 8.48. The van der Waals surface area contributed by atoms with Gasteiger partial charge in [-0.3, -0.25) is 4.90 Å². The summed E-state index contributed by atoms with van der Waals surface area (Å²) in [5.74, 6) is 0.743. The highest BCUT2D eigenvalue weighted by molar-refractivity contribution is 4.93. The van der Waals surface area contributed by atoms with Crippen molar-refractivity contribution in [2.24, 2.45) is 5.92 Å². The smallest absolute Gasteiger partial charge is 0.0252 e. The van der Waals surface area contributed by atoms with E-state index in [0.29, 0.717) is 6.04 Å². The summed E-state index contributed by atoms with van der Waals surface area (Å²) in [6.45, 7) is 16.8. The number of rotatable bonds is 4. The average Bonchev–Trinajstić information content (AvgIpc) is 2.77. The molecule has 2 heterocycles. The van der Waals surface area contributed by atoms with Gasteiger partial charge in [0.15, 0.2) is 0 Å². The quantitative estimate of drug-likeness (QED) is 0.824. The first-order valence-electron chi connectivity index (χ1n) is 7.69. The van der Waals surface area contributed by atoms with E-state index in [9.17, 15) is 0 Å². The lowest BCUT2D eigenvalue weighted by Gasteiger charge is -2.46. The van der Waals surface area contributed by atoms with Crippen molar-refractivity contribution >= 4 is 0 Å². The largest absolute Gasteiger partial charge is 0.309 e. The molecule has 18 heavy (non-hydrogen) atoms. The maximum atomic E-state index is 3.69. The minimum atomic E-state index is 0.274. The van der Waals surface area contributed by atoms with Crippen molar-refractivity contribution in [3.05, 3.63) is 0 Å². The Balaban J connectivity index is 1.87. The topological polar surface area (TPSA) is 18.5 Å². The third kappa shape index (κ3) is 3.69. The molecule has 0 aliphatic carbocycles. The molecule has 2 fully saturated rings. The Kier molecular flexibility index (Phi) is 4.68. The highest BCUT2D eigenvalue weighted by Gasteiger charge is 2.33. The van der Waals surface area contributed by atoms with Gasteiger partial charge in [0.1, 0.15) is 0 Å². The van der Waals surface area contributed by atoms with Crippen LogP contribution in [0.4, 0.5) is 0 Å². The fourth-order valence-corrected chi connectivity index (χ4v) is 3.37. The summed E-state index contributed by atoms with van der Waals surface area (Å²) in [5, 5.41) is 3.69. The number of hydrogen-bond acceptors (Lipinski definition) is 3. The van der Waals surface area contributed by atoms with Crippen LogP contribution in [0.5, 0.6) is 0 Å². The van der Waals surface area contributed by atoms with Gasteiger partial charge in [0.25, 0.3) is 0 Å². The van der Waals surface area contributed by atoms with Crippen molar-refractivity contribution in [2.75, 3.05) is 39.3 Å². The lowest BCUT2D eigenvalue weighted by atomic mass is 9.93. The maximum Gasteiger partial charge on any atom is 0.0252 e. The van der Waals surface area contributed by atoms with E-state index in [2.05, 4.69) is 42.8 Å². The predicted molar refractivity (Wildman–Crippen MR) is 78.0 cm³/mol. The molecule has 1 unspecified atom stereocenters. The van der Waals surface area contributed by atoms with Crippen molar-refractivity contribution in [3.63, 3.8) is 0 Å². The number of likely N-dealkylation sites (tertiary alicyclic amines) is 1. The monoisotopic (exact) mass is 253 g/mol. The molecular formula is C15H31N3. The van der Waals surface area contributed by atoms with Crippen molar-refractivity contribution in [1.82, 2.24) is 15.1 Å². The summed E-state index contributed by atoms with van der Waals surface area (Å²) in [7, 11) is 0. The van der Waals surface area contributed by atoms with Crippen LogP contribution in [0.1, 0.15) is 40.5 Å². The molecule has 0 amide bonds. The normalized spacial score (nSPS) is 30.2. The minimum absolute atomic E-state index is 0.274. The lowest BCUT2D eigenvalue weighted by Crippen LogP contribution is -2.63. The van der Waals surface area contributed by atoms with Crippen LogP contribution in [-0.2, 0) is 0 Å². The Labute approximate surface area is 113 Å². The minimum Gasteiger partial charge on any atom is -0.309 e. The van der Waals surface area contributed by atoms with E-state index in [1.807, 2.05) is 0 Å². The summed E-state index contributed by atoms with van der Waals surface area (Å²) in [5.41, 5.74) is 0.274. The average molecular weight is 253 g/mol. The number of hydrogen-bond donors (Lipinski definition) is 1. The fourth-order valence-electron chi connectivity index (χ4n) is 3.37. The molecule has 0 spiro atoms. The Morgan fingerprint density at radius 1 is 1.17 bits per heavy atom. The maximum absolute atomic E-state index is 3.69. The summed E-state index contributed by atoms with van der Waals surface area (Å²) in [6.07, 6.45) is 2.81. The number of nitrogens with zero attached hydrogens (tertiary/aromatic N) is 2. The van der Waals surface area contributed by atoms with Crippen molar-refractivity contribution in [2.45, 2.75) is 52.1 Å². The Bertz CT molecular complexity index is 256. The molecule has 2 rings (SSSR count). The lowest BCUT2D eigenvalue weighted by molar-refractivity contribution is 0.0617. The molecule has 0 saturated carbocycles. The van der Waals surface area contributed by atoms with Crippen LogP contribution >= 0.6 is 0 Å². The van der Waals surface area contributed by atoms with Crippen LogP contribution < -0.4 is 5.32 Å². The SMILES string of the molecule is CC(C)C1CNC(C)(C)CN1CCN1CCCC1. The van der Waals surface area contributed by atoms with E-state index >= 15 is 0 Å². The molecule has 1 atom stereocenters. The van der Waals surface area contributed by atoms with E-state index in [4.69, 9.17) is 0 Å². The highest BCUT2D eigenvalue weighted by Crippen LogP contribution is 2.20. The first kappa shape index (κ1) is 14.3. The molecule has 3 heteroatoms. The second kappa shape index (κ2) is 5.89. The molecule has 2 aliphatic rings. The van der Waals surface area contributed by atoms with E-state index in [1.165, 1.54) is 45.6 Å². The molecule has 0 aromatic heterocycles. The van der Waals surface area contributed by atoms with Crippen LogP contribution in [0, 0.1) is 5.92 Å². The molecule has 2 saturated heterocycles. The van der Waals surface area contributed by atoms with Crippen molar-refractivity contribution in [1.29, 1.82) is 0 Å². The molecule has 0 aromatic rings. The Morgan fingerprint density at radius 3 is 2.44 bits per heavy atom. The summed E-state index contributed by atoms with van der Waals surface area (Å²) in [4.78, 5) is 5.35. The van der Waals surface area contributed by atoms with E-state index < -0.39 is 0 Å². The number of nitrogens with one attached hydrogen (secondary N) is 1. The van der Waals surface area contributed by atoms with Gasteiger partial charge >= 0.3 is 0 Å². The second-order valence-corrected chi connectivity index (χ2v) is 7.10. The van der Waals surface area contributed by atoms with Crippen molar-refractivity contribution < 1.29 is 0 Å². The van der Waals surface area contributed by atoms with Crippen molar-refractivity contribution in [3.8, 4) is 0 Å². The third-order valence-electron chi connectivity index (χ3n) is 4.53. The van der Waals surface area contributed by atoms with Crippen LogP contribution in [-0.4, -0.2) is 60.6 Å². The van der Waals surface area contributed by atoms with Gasteiger partial charge in [-0.25, -0.2) is 0 Å². The first-order valence-corrected chi connectivity index (χ1v) is 7.69. The fraction of sp³-hybridized carbons (Fsp3) is 1.00. The zero-order valence-electron chi connectivity index (χ0n) is 12.7. The van der Waals surface area contributed by atoms with Crippen LogP contribution in [0.15, 0.2) is 0 Å². The predicted octanol–water partition coefficient (Wildman–Crippen LogP) is 1.79. The molecular weight excluding hydrogens is 222 g/mol. The Hall–Kier alpha value is -0.120. The summed E-state index contributed by atoms with van der Waals surface area (Å²) in [6, 6.07) is 0.709. The van der Waals surface area contributed by atoms with Gasteiger partial charge in [0, 0.05) is 37.8 Å². The van der Waals surface area contributed by atoms with Gasteiger partial charge in [0.2, 0.25) is 0 Å². The number of piperazine rings is 1. The molecule has 3 nitrogen and oxygen atoms in total. The van der Waals surface area contributed by atoms with E-state index in [1.54, 1.807) is 0 Å². The van der Waals surface area contributed by atoms with Gasteiger partial charge in [-0.2, -0.15) is 0 Å². The van der Waals surface area contributed by atoms with Crippen LogP contribution in [0.3, 0.4) is 0 Å². The van der Waals surface area contributed by atoms with Gasteiger partial charge in [-0.15, -0.1) is 0 Å². The molecule has 1 N–H and O–H groups in total. The molecule has 106 valence electrons. The van der Waals surface area contributed by atoms with Gasteiger partial charge in [-0.05, 0) is 45.7 Å². The standard InChI is InChI=1S/C15H31N3/c1-13(2)14-11-16-15(3,4)12-18(14)10-9-17-7-5-6-8-17/h13-14,16H,5-12H2,1-4H3. The molecule has 0 bridgehead atoms. The summed E-state index contributed by atoms with van der Waals surface area (Å²) >= 11 is 0. The molecule has 0 radical (unpaired) electrons. The zero-order valence-corrected chi connectivity index (χ0v) is 12.7. The highest BCUT2D eigenvalue weighted by atomic mass is 15.3. The van der Waals surface area contributed by atoms with Crippen LogP contribution in [0.25, 0.3) is 0 Å². The third-order valence-corrected chi connectivity index (χ3v) is 4.53. The molecule has 2 aliphatic heterocycles. The van der Waals surface area contributed by atoms with E-state index in [0.717, 1.165) is 12.5 Å². The summed E-state index contributed by atoms with van der Waals surface area (Å²) < 4.78 is 0.